The van der Waals surface area contributed by atoms with E-state index in [1.54, 1.807) is 30.6 Å². The topological polar surface area (TPSA) is 72.2 Å². The molecule has 0 saturated heterocycles. The normalized spacial score (nSPS) is 11.1. The molecule has 5 aromatic rings. The van der Waals surface area contributed by atoms with Gasteiger partial charge in [-0.2, -0.15) is 0 Å². The van der Waals surface area contributed by atoms with Crippen molar-refractivity contribution in [2.45, 2.75) is 0 Å². The van der Waals surface area contributed by atoms with E-state index in [1.807, 2.05) is 52.9 Å². The van der Waals surface area contributed by atoms with Crippen molar-refractivity contribution in [1.29, 1.82) is 0 Å². The van der Waals surface area contributed by atoms with Crippen LogP contribution in [0.25, 0.3) is 16.7 Å². The quantitative estimate of drug-likeness (QED) is 0.435. The van der Waals surface area contributed by atoms with Crippen LogP contribution in [0.5, 0.6) is 0 Å². The highest BCUT2D eigenvalue weighted by atomic mass is 35.5. The van der Waals surface area contributed by atoms with Crippen LogP contribution in [-0.4, -0.2) is 25.4 Å². The Morgan fingerprint density at radius 1 is 0.931 bits per heavy atom. The Hall–Kier alpha value is -3.77. The summed E-state index contributed by atoms with van der Waals surface area (Å²) >= 11 is 6.08. The molecule has 0 unspecified atom stereocenters. The fourth-order valence-corrected chi connectivity index (χ4v) is 3.43. The van der Waals surface area contributed by atoms with E-state index in [0.717, 1.165) is 11.2 Å². The summed E-state index contributed by atoms with van der Waals surface area (Å²) < 4.78 is 1.82. The lowest BCUT2D eigenvalue weighted by molar-refractivity contribution is 0.103. The summed E-state index contributed by atoms with van der Waals surface area (Å²) in [7, 11) is 0. The molecule has 0 aliphatic heterocycles. The number of halogens is 1. The molecule has 0 saturated carbocycles. The maximum absolute atomic E-state index is 12.8. The number of nitrogens with one attached hydrogen (secondary N) is 1. The lowest BCUT2D eigenvalue weighted by Crippen LogP contribution is -2.04. The highest BCUT2D eigenvalue weighted by Crippen LogP contribution is 2.25. The lowest BCUT2D eigenvalue weighted by Gasteiger charge is -2.10. The average Bonchev–Trinajstić information content (AvgIpc) is 3.24. The number of carbonyl (C=O) groups excluding carboxylic acids is 1. The molecule has 2 aromatic heterocycles. The Labute approximate surface area is 170 Å². The van der Waals surface area contributed by atoms with Gasteiger partial charge in [0.25, 0.3) is 0 Å². The maximum Gasteiger partial charge on any atom is 0.204 e. The van der Waals surface area contributed by atoms with Gasteiger partial charge in [-0.1, -0.05) is 48.0 Å². The van der Waals surface area contributed by atoms with E-state index in [-0.39, 0.29) is 5.78 Å². The third kappa shape index (κ3) is 3.19. The second-order valence-electron chi connectivity index (χ2n) is 6.52. The number of hydrogen-bond donors (Lipinski definition) is 1. The largest absolute Gasteiger partial charge is 0.337 e. The van der Waals surface area contributed by atoms with Gasteiger partial charge in [0.15, 0.2) is 11.6 Å². The first-order valence-corrected chi connectivity index (χ1v) is 9.33. The second kappa shape index (κ2) is 7.00. The summed E-state index contributed by atoms with van der Waals surface area (Å²) in [6.45, 7) is 0. The highest BCUT2D eigenvalue weighted by Gasteiger charge is 2.14. The first kappa shape index (κ1) is 17.3. The van der Waals surface area contributed by atoms with Crippen molar-refractivity contribution in [3.05, 3.63) is 95.3 Å². The molecule has 140 valence electrons. The minimum absolute atomic E-state index is 0.0464. The van der Waals surface area contributed by atoms with Gasteiger partial charge in [0, 0.05) is 21.8 Å². The predicted molar refractivity (Wildman–Crippen MR) is 113 cm³/mol. The Kier molecular flexibility index (Phi) is 4.18. The van der Waals surface area contributed by atoms with Crippen molar-refractivity contribution in [3.63, 3.8) is 0 Å². The first-order valence-electron chi connectivity index (χ1n) is 8.95. The minimum Gasteiger partial charge on any atom is -0.337 e. The van der Waals surface area contributed by atoms with E-state index < -0.39 is 0 Å². The van der Waals surface area contributed by atoms with Gasteiger partial charge in [-0.3, -0.25) is 9.20 Å². The monoisotopic (exact) mass is 399 g/mol. The molecule has 6 nitrogen and oxygen atoms in total. The molecule has 0 fully saturated rings. The summed E-state index contributed by atoms with van der Waals surface area (Å²) in [6, 6.07) is 22.0. The fourth-order valence-electron chi connectivity index (χ4n) is 3.24. The van der Waals surface area contributed by atoms with E-state index in [0.29, 0.717) is 33.1 Å². The van der Waals surface area contributed by atoms with Gasteiger partial charge in [0.1, 0.15) is 6.33 Å². The van der Waals surface area contributed by atoms with Crippen LogP contribution in [0.4, 0.5) is 11.5 Å². The number of benzene rings is 3. The molecule has 0 aliphatic rings. The van der Waals surface area contributed by atoms with Crippen molar-refractivity contribution in [1.82, 2.24) is 19.6 Å². The lowest BCUT2D eigenvalue weighted by atomic mass is 10.0. The summed E-state index contributed by atoms with van der Waals surface area (Å²) in [5, 5.41) is 12.1. The third-order valence-corrected chi connectivity index (χ3v) is 4.85. The third-order valence-electron chi connectivity index (χ3n) is 4.61. The van der Waals surface area contributed by atoms with E-state index >= 15 is 0 Å². The van der Waals surface area contributed by atoms with Gasteiger partial charge in [-0.25, -0.2) is 4.98 Å². The van der Waals surface area contributed by atoms with Crippen molar-refractivity contribution in [2.75, 3.05) is 5.32 Å². The molecule has 29 heavy (non-hydrogen) atoms. The highest BCUT2D eigenvalue weighted by molar-refractivity contribution is 6.30. The smallest absolute Gasteiger partial charge is 0.204 e. The van der Waals surface area contributed by atoms with Crippen LogP contribution >= 0.6 is 11.6 Å². The Bertz CT molecular complexity index is 1360. The maximum atomic E-state index is 12.8. The average molecular weight is 400 g/mol. The van der Waals surface area contributed by atoms with Gasteiger partial charge < -0.3 is 5.32 Å². The minimum atomic E-state index is -0.0464. The fraction of sp³-hybridized carbons (Fsp3) is 0. The molecule has 5 rings (SSSR count). The van der Waals surface area contributed by atoms with Crippen LogP contribution in [0, 0.1) is 0 Å². The first-order chi connectivity index (χ1) is 14.2. The Morgan fingerprint density at radius 3 is 2.62 bits per heavy atom. The molecule has 0 atom stereocenters. The van der Waals surface area contributed by atoms with Crippen LogP contribution in [0.15, 0.2) is 79.1 Å². The van der Waals surface area contributed by atoms with Gasteiger partial charge in [0.05, 0.1) is 11.0 Å². The van der Waals surface area contributed by atoms with Gasteiger partial charge >= 0.3 is 0 Å². The Balaban J connectivity index is 1.62. The molecular weight excluding hydrogens is 386 g/mol. The number of aromatic nitrogens is 4. The Morgan fingerprint density at radius 2 is 1.79 bits per heavy atom. The molecule has 0 radical (unpaired) electrons. The molecule has 0 aliphatic carbocycles. The standard InChI is InChI=1S/C22H14ClN5O/c23-16-7-4-8-17(12-16)25-21-22-27-24-13-28(22)19-11-15(9-10-18(19)26-21)20(29)14-5-2-1-3-6-14/h1-13H,(H,25,26). The van der Waals surface area contributed by atoms with Crippen molar-refractivity contribution >= 4 is 45.6 Å². The van der Waals surface area contributed by atoms with Gasteiger partial charge in [0.2, 0.25) is 5.65 Å². The van der Waals surface area contributed by atoms with Crippen LogP contribution in [-0.2, 0) is 0 Å². The van der Waals surface area contributed by atoms with Crippen LogP contribution < -0.4 is 5.32 Å². The van der Waals surface area contributed by atoms with Crippen LogP contribution in [0.3, 0.4) is 0 Å². The molecule has 3 aromatic carbocycles. The summed E-state index contributed by atoms with van der Waals surface area (Å²) in [5.41, 5.74) is 4.04. The number of nitrogens with zero attached hydrogens (tertiary/aromatic N) is 4. The number of rotatable bonds is 4. The van der Waals surface area contributed by atoms with Crippen molar-refractivity contribution < 1.29 is 4.79 Å². The summed E-state index contributed by atoms with van der Waals surface area (Å²) in [6.07, 6.45) is 1.61. The molecular formula is C22H14ClN5O. The van der Waals surface area contributed by atoms with Crippen LogP contribution in [0.1, 0.15) is 15.9 Å². The molecule has 7 heteroatoms. The van der Waals surface area contributed by atoms with Crippen molar-refractivity contribution in [2.24, 2.45) is 0 Å². The number of ketones is 1. The molecule has 1 N–H and O–H groups in total. The molecule has 0 spiro atoms. The SMILES string of the molecule is O=C(c1ccccc1)c1ccc2nc(Nc3cccc(Cl)c3)c3nncn3c2c1. The van der Waals surface area contributed by atoms with E-state index in [9.17, 15) is 4.79 Å². The van der Waals surface area contributed by atoms with Crippen LogP contribution in [0.2, 0.25) is 5.02 Å². The number of anilines is 2. The second-order valence-corrected chi connectivity index (χ2v) is 6.96. The molecule has 0 amide bonds. The molecule has 2 heterocycles. The number of hydrogen-bond acceptors (Lipinski definition) is 5. The van der Waals surface area contributed by atoms with Gasteiger partial charge in [-0.15, -0.1) is 10.2 Å². The summed E-state index contributed by atoms with van der Waals surface area (Å²) in [4.78, 5) is 17.5. The zero-order valence-corrected chi connectivity index (χ0v) is 15.8. The van der Waals surface area contributed by atoms with Gasteiger partial charge in [-0.05, 0) is 36.4 Å². The van der Waals surface area contributed by atoms with E-state index in [4.69, 9.17) is 11.6 Å². The summed E-state index contributed by atoms with van der Waals surface area (Å²) in [5.74, 6) is 0.509. The predicted octanol–water partition coefficient (Wildman–Crippen LogP) is 4.91. The van der Waals surface area contributed by atoms with Crippen molar-refractivity contribution in [3.8, 4) is 0 Å². The number of carbonyl (C=O) groups is 1. The molecule has 0 bridgehead atoms. The van der Waals surface area contributed by atoms with E-state index in [1.165, 1.54) is 0 Å². The van der Waals surface area contributed by atoms with E-state index in [2.05, 4.69) is 20.5 Å². The number of fused-ring (bicyclic) bond motifs is 3. The zero-order valence-electron chi connectivity index (χ0n) is 15.1. The zero-order chi connectivity index (χ0) is 19.8.